The summed E-state index contributed by atoms with van der Waals surface area (Å²) in [6.07, 6.45) is 1.71. The Balaban J connectivity index is 2.00. The minimum atomic E-state index is -0.0629. The van der Waals surface area contributed by atoms with Crippen LogP contribution in [-0.4, -0.2) is 20.7 Å². The van der Waals surface area contributed by atoms with E-state index in [0.29, 0.717) is 0 Å². The first-order valence-corrected chi connectivity index (χ1v) is 6.94. The number of hydrogen-bond acceptors (Lipinski definition) is 4. The molecule has 0 fully saturated rings. The highest BCUT2D eigenvalue weighted by Gasteiger charge is 2.11. The van der Waals surface area contributed by atoms with Crippen LogP contribution >= 0.6 is 27.7 Å². The van der Waals surface area contributed by atoms with Crippen molar-refractivity contribution in [3.05, 3.63) is 40.6 Å². The van der Waals surface area contributed by atoms with Gasteiger partial charge in [0.1, 0.15) is 0 Å². The molecule has 0 radical (unpaired) electrons. The summed E-state index contributed by atoms with van der Waals surface area (Å²) in [6.45, 7) is 0. The first-order valence-electron chi connectivity index (χ1n) is 5.16. The molecule has 1 heterocycles. The van der Waals surface area contributed by atoms with Crippen LogP contribution in [0.5, 0.6) is 0 Å². The molecule has 0 aliphatic carbocycles. The highest BCUT2D eigenvalue weighted by atomic mass is 79.9. The number of benzene rings is 1. The van der Waals surface area contributed by atoms with E-state index in [1.54, 1.807) is 22.6 Å². The smallest absolute Gasteiger partial charge is 0.0759 e. The van der Waals surface area contributed by atoms with Crippen molar-refractivity contribution in [2.75, 3.05) is 5.75 Å². The van der Waals surface area contributed by atoms with E-state index < -0.39 is 0 Å². The van der Waals surface area contributed by atoms with Crippen LogP contribution in [0.3, 0.4) is 0 Å². The van der Waals surface area contributed by atoms with Gasteiger partial charge in [0.05, 0.1) is 17.9 Å². The summed E-state index contributed by atoms with van der Waals surface area (Å²) in [5.74, 6) is 0.795. The molecule has 1 aromatic carbocycles. The predicted molar refractivity (Wildman–Crippen MR) is 72.8 cm³/mol. The van der Waals surface area contributed by atoms with E-state index in [1.165, 1.54) is 4.90 Å². The maximum atomic E-state index is 6.10. The average molecular weight is 313 g/mol. The highest BCUT2D eigenvalue weighted by Crippen LogP contribution is 2.29. The lowest BCUT2D eigenvalue weighted by Gasteiger charge is -2.11. The molecule has 0 saturated carbocycles. The summed E-state index contributed by atoms with van der Waals surface area (Å²) in [5, 5.41) is 7.71. The van der Waals surface area contributed by atoms with Gasteiger partial charge in [-0.25, -0.2) is 0 Å². The van der Waals surface area contributed by atoms with Crippen LogP contribution < -0.4 is 5.73 Å². The maximum Gasteiger partial charge on any atom is 0.0759 e. The third-order valence-corrected chi connectivity index (χ3v) is 4.53. The maximum absolute atomic E-state index is 6.10. The number of thioether (sulfide) groups is 1. The van der Waals surface area contributed by atoms with Crippen molar-refractivity contribution >= 4 is 27.7 Å². The number of nitrogens with zero attached hydrogens (tertiary/aromatic N) is 3. The van der Waals surface area contributed by atoms with Crippen LogP contribution in [-0.2, 0) is 7.05 Å². The van der Waals surface area contributed by atoms with E-state index in [0.717, 1.165) is 15.9 Å². The lowest BCUT2D eigenvalue weighted by Crippen LogP contribution is -2.16. The minimum absolute atomic E-state index is 0.0629. The minimum Gasteiger partial charge on any atom is -0.322 e. The number of hydrogen-bond donors (Lipinski definition) is 1. The Morgan fingerprint density at radius 2 is 2.24 bits per heavy atom. The number of aryl methyl sites for hydroxylation is 1. The Morgan fingerprint density at radius 3 is 2.88 bits per heavy atom. The molecule has 0 aliphatic rings. The molecule has 0 saturated heterocycles. The van der Waals surface area contributed by atoms with E-state index in [4.69, 9.17) is 5.73 Å². The van der Waals surface area contributed by atoms with Gasteiger partial charge >= 0.3 is 0 Å². The highest BCUT2D eigenvalue weighted by molar-refractivity contribution is 9.10. The molecular weight excluding hydrogens is 300 g/mol. The first-order chi connectivity index (χ1) is 8.18. The molecule has 2 aromatic rings. The van der Waals surface area contributed by atoms with Crippen LogP contribution in [0, 0.1) is 0 Å². The van der Waals surface area contributed by atoms with Gasteiger partial charge in [-0.3, -0.25) is 4.68 Å². The first kappa shape index (κ1) is 12.6. The number of nitrogens with two attached hydrogens (primary N) is 1. The summed E-state index contributed by atoms with van der Waals surface area (Å²) in [7, 11) is 1.85. The van der Waals surface area contributed by atoms with Crippen molar-refractivity contribution in [3.8, 4) is 0 Å². The van der Waals surface area contributed by atoms with E-state index in [2.05, 4.69) is 32.3 Å². The van der Waals surface area contributed by atoms with Crippen LogP contribution in [0.2, 0.25) is 0 Å². The van der Waals surface area contributed by atoms with E-state index in [9.17, 15) is 0 Å². The van der Waals surface area contributed by atoms with Crippen LogP contribution in [0.4, 0.5) is 0 Å². The number of halogens is 1. The number of rotatable bonds is 4. The van der Waals surface area contributed by atoms with Gasteiger partial charge in [-0.15, -0.1) is 16.9 Å². The van der Waals surface area contributed by atoms with Gasteiger partial charge in [0.15, 0.2) is 0 Å². The number of aromatic nitrogens is 3. The molecule has 1 unspecified atom stereocenters. The Hall–Kier alpha value is -0.850. The molecule has 6 heteroatoms. The predicted octanol–water partition coefficient (Wildman–Crippen LogP) is 2.37. The monoisotopic (exact) mass is 312 g/mol. The lowest BCUT2D eigenvalue weighted by atomic mass is 10.3. The lowest BCUT2D eigenvalue weighted by molar-refractivity contribution is 0.640. The van der Waals surface area contributed by atoms with Gasteiger partial charge in [0.25, 0.3) is 0 Å². The van der Waals surface area contributed by atoms with Crippen molar-refractivity contribution in [2.45, 2.75) is 10.9 Å². The summed E-state index contributed by atoms with van der Waals surface area (Å²) >= 11 is 5.24. The normalized spacial score (nSPS) is 12.6. The fourth-order valence-electron chi connectivity index (χ4n) is 1.46. The Morgan fingerprint density at radius 1 is 1.47 bits per heavy atom. The molecule has 0 bridgehead atoms. The molecule has 2 N–H and O–H groups in total. The SMILES string of the molecule is Cn1nncc1C(N)CSc1ccccc1Br. The van der Waals surface area contributed by atoms with Gasteiger partial charge in [-0.05, 0) is 28.1 Å². The molecule has 1 aromatic heterocycles. The largest absolute Gasteiger partial charge is 0.322 e. The van der Waals surface area contributed by atoms with Gasteiger partial charge in [0, 0.05) is 22.2 Å². The average Bonchev–Trinajstić information content (AvgIpc) is 2.74. The van der Waals surface area contributed by atoms with Crippen molar-refractivity contribution in [3.63, 3.8) is 0 Å². The van der Waals surface area contributed by atoms with Crippen molar-refractivity contribution < 1.29 is 0 Å². The third-order valence-electron chi connectivity index (χ3n) is 2.38. The summed E-state index contributed by atoms with van der Waals surface area (Å²) < 4.78 is 2.81. The van der Waals surface area contributed by atoms with E-state index in [-0.39, 0.29) is 6.04 Å². The van der Waals surface area contributed by atoms with Crippen molar-refractivity contribution in [2.24, 2.45) is 12.8 Å². The Bertz CT molecular complexity index is 500. The fraction of sp³-hybridized carbons (Fsp3) is 0.273. The van der Waals surface area contributed by atoms with Gasteiger partial charge in [0.2, 0.25) is 0 Å². The van der Waals surface area contributed by atoms with Crippen LogP contribution in [0.1, 0.15) is 11.7 Å². The molecule has 0 amide bonds. The zero-order chi connectivity index (χ0) is 12.3. The summed E-state index contributed by atoms with van der Waals surface area (Å²) in [6, 6.07) is 8.05. The molecule has 4 nitrogen and oxygen atoms in total. The molecule has 2 rings (SSSR count). The fourth-order valence-corrected chi connectivity index (χ4v) is 3.00. The zero-order valence-electron chi connectivity index (χ0n) is 9.38. The quantitative estimate of drug-likeness (QED) is 0.881. The van der Waals surface area contributed by atoms with Crippen molar-refractivity contribution in [1.29, 1.82) is 0 Å². The molecule has 1 atom stereocenters. The Labute approximate surface area is 113 Å². The second-order valence-corrected chi connectivity index (χ2v) is 5.55. The molecule has 90 valence electrons. The summed E-state index contributed by atoms with van der Waals surface area (Å²) in [4.78, 5) is 1.19. The molecule has 17 heavy (non-hydrogen) atoms. The van der Waals surface area contributed by atoms with Crippen LogP contribution in [0.25, 0.3) is 0 Å². The van der Waals surface area contributed by atoms with E-state index >= 15 is 0 Å². The zero-order valence-corrected chi connectivity index (χ0v) is 11.8. The van der Waals surface area contributed by atoms with Gasteiger partial charge < -0.3 is 5.73 Å². The van der Waals surface area contributed by atoms with Crippen LogP contribution in [0.15, 0.2) is 39.8 Å². The second kappa shape index (κ2) is 5.66. The van der Waals surface area contributed by atoms with Gasteiger partial charge in [-0.1, -0.05) is 17.3 Å². The van der Waals surface area contributed by atoms with Crippen molar-refractivity contribution in [1.82, 2.24) is 15.0 Å². The molecule has 0 spiro atoms. The topological polar surface area (TPSA) is 56.7 Å². The molecule has 0 aliphatic heterocycles. The van der Waals surface area contributed by atoms with Gasteiger partial charge in [-0.2, -0.15) is 0 Å². The molecular formula is C11H13BrN4S. The third kappa shape index (κ3) is 3.08. The Kier molecular flexibility index (Phi) is 4.20. The standard InChI is InChI=1S/C11H13BrN4S/c1-16-10(6-14-15-16)9(13)7-17-11-5-3-2-4-8(11)12/h2-6,9H,7,13H2,1H3. The summed E-state index contributed by atoms with van der Waals surface area (Å²) in [5.41, 5.74) is 7.05. The van der Waals surface area contributed by atoms with E-state index in [1.807, 2.05) is 25.2 Å². The second-order valence-electron chi connectivity index (χ2n) is 3.63.